The molecule has 2 N–H and O–H groups in total. The summed E-state index contributed by atoms with van der Waals surface area (Å²) in [6, 6.07) is 35.1. The van der Waals surface area contributed by atoms with E-state index in [0.717, 1.165) is 22.3 Å². The van der Waals surface area contributed by atoms with Crippen molar-refractivity contribution >= 4 is 39.9 Å². The molecule has 0 saturated heterocycles. The molecule has 0 aliphatic heterocycles. The lowest BCUT2D eigenvalue weighted by atomic mass is 9.90. The minimum absolute atomic E-state index is 0.261. The molecule has 4 aromatic carbocycles. The Balaban J connectivity index is 1.39. The number of hydrogen-bond donors (Lipinski definition) is 2. The van der Waals surface area contributed by atoms with Crippen LogP contribution in [0, 0.1) is 0 Å². The van der Waals surface area contributed by atoms with Crippen LogP contribution in [0.2, 0.25) is 5.02 Å². The van der Waals surface area contributed by atoms with Crippen LogP contribution in [0.4, 0.5) is 5.13 Å². The Morgan fingerprint density at radius 3 is 1.87 bits per heavy atom. The molecule has 0 aliphatic carbocycles. The van der Waals surface area contributed by atoms with E-state index in [4.69, 9.17) is 11.6 Å². The van der Waals surface area contributed by atoms with E-state index < -0.39 is 12.0 Å². The van der Waals surface area contributed by atoms with Crippen molar-refractivity contribution in [3.05, 3.63) is 137 Å². The highest BCUT2D eigenvalue weighted by Gasteiger charge is 2.28. The zero-order valence-corrected chi connectivity index (χ0v) is 22.4. The Bertz CT molecular complexity index is 1490. The summed E-state index contributed by atoms with van der Waals surface area (Å²) in [6.45, 7) is 0. The Morgan fingerprint density at radius 1 is 0.718 bits per heavy atom. The van der Waals surface area contributed by atoms with E-state index in [1.54, 1.807) is 12.1 Å². The maximum Gasteiger partial charge on any atom is 0.249 e. The quantitative estimate of drug-likeness (QED) is 0.223. The molecule has 39 heavy (non-hydrogen) atoms. The Morgan fingerprint density at radius 2 is 1.28 bits per heavy atom. The van der Waals surface area contributed by atoms with Crippen LogP contribution in [0.3, 0.4) is 0 Å². The third-order valence-corrected chi connectivity index (χ3v) is 7.33. The van der Waals surface area contributed by atoms with Gasteiger partial charge in [0.25, 0.3) is 0 Å². The Labute approximate surface area is 235 Å². The summed E-state index contributed by atoms with van der Waals surface area (Å²) in [5.74, 6) is -1.20. The van der Waals surface area contributed by atoms with E-state index >= 15 is 0 Å². The van der Waals surface area contributed by atoms with E-state index in [1.165, 1.54) is 11.3 Å². The lowest BCUT2D eigenvalue weighted by Crippen LogP contribution is -2.47. The number of aromatic nitrogens is 2. The maximum atomic E-state index is 13.8. The molecule has 0 spiro atoms. The number of nitrogens with zero attached hydrogens (tertiary/aromatic N) is 2. The standard InChI is InChI=1S/C31H25ClN4O2S/c32-25-18-16-24(17-19-25)30-35-36-31(39-30)34-28(37)26(20-21-10-4-1-5-11-21)33-29(38)27(22-12-6-2-7-13-22)23-14-8-3-9-15-23/h1-19,26-27H,20H2,(H,33,38)(H,34,36,37)/t26-/m1/s1. The van der Waals surface area contributed by atoms with Crippen LogP contribution in [0.25, 0.3) is 10.6 Å². The Kier molecular flexibility index (Phi) is 8.41. The first-order valence-electron chi connectivity index (χ1n) is 12.4. The lowest BCUT2D eigenvalue weighted by Gasteiger charge is -2.23. The number of nitrogens with one attached hydrogen (secondary N) is 2. The molecule has 0 saturated carbocycles. The van der Waals surface area contributed by atoms with Crippen LogP contribution in [0.5, 0.6) is 0 Å². The van der Waals surface area contributed by atoms with Crippen molar-refractivity contribution in [2.75, 3.05) is 5.32 Å². The predicted octanol–water partition coefficient (Wildman–Crippen LogP) is 6.36. The van der Waals surface area contributed by atoms with Gasteiger partial charge in [0.05, 0.1) is 5.92 Å². The second kappa shape index (κ2) is 12.5. The third-order valence-electron chi connectivity index (χ3n) is 6.19. The van der Waals surface area contributed by atoms with Crippen molar-refractivity contribution in [1.82, 2.24) is 15.5 Å². The molecule has 0 radical (unpaired) electrons. The van der Waals surface area contributed by atoms with Crippen LogP contribution in [0.15, 0.2) is 115 Å². The molecule has 2 amide bonds. The summed E-state index contributed by atoms with van der Waals surface area (Å²) in [4.78, 5) is 27.3. The summed E-state index contributed by atoms with van der Waals surface area (Å²) in [5.41, 5.74) is 3.46. The molecule has 8 heteroatoms. The van der Waals surface area contributed by atoms with Gasteiger partial charge in [0, 0.05) is 17.0 Å². The van der Waals surface area contributed by atoms with E-state index in [0.29, 0.717) is 21.6 Å². The lowest BCUT2D eigenvalue weighted by molar-refractivity contribution is -0.126. The highest BCUT2D eigenvalue weighted by molar-refractivity contribution is 7.18. The molecular formula is C31H25ClN4O2S. The summed E-state index contributed by atoms with van der Waals surface area (Å²) < 4.78 is 0. The first-order chi connectivity index (χ1) is 19.1. The van der Waals surface area contributed by atoms with Crippen LogP contribution in [-0.2, 0) is 16.0 Å². The maximum absolute atomic E-state index is 13.8. The van der Waals surface area contributed by atoms with E-state index in [2.05, 4.69) is 20.8 Å². The van der Waals surface area contributed by atoms with Crippen molar-refractivity contribution in [2.24, 2.45) is 0 Å². The molecule has 5 aromatic rings. The van der Waals surface area contributed by atoms with Gasteiger partial charge in [-0.1, -0.05) is 126 Å². The van der Waals surface area contributed by atoms with Crippen molar-refractivity contribution in [1.29, 1.82) is 0 Å². The molecule has 0 bridgehead atoms. The van der Waals surface area contributed by atoms with Gasteiger partial charge in [0.1, 0.15) is 11.0 Å². The average Bonchev–Trinajstić information content (AvgIpc) is 3.43. The van der Waals surface area contributed by atoms with Crippen LogP contribution < -0.4 is 10.6 Å². The third kappa shape index (κ3) is 6.76. The molecule has 194 valence electrons. The molecule has 1 aromatic heterocycles. The molecule has 0 fully saturated rings. The highest BCUT2D eigenvalue weighted by atomic mass is 35.5. The molecule has 0 aliphatic rings. The topological polar surface area (TPSA) is 84.0 Å². The van der Waals surface area contributed by atoms with Crippen LogP contribution >= 0.6 is 22.9 Å². The summed E-state index contributed by atoms with van der Waals surface area (Å²) in [5, 5.41) is 15.8. The predicted molar refractivity (Wildman–Crippen MR) is 156 cm³/mol. The first-order valence-corrected chi connectivity index (χ1v) is 13.6. The van der Waals surface area contributed by atoms with E-state index in [9.17, 15) is 9.59 Å². The van der Waals surface area contributed by atoms with Gasteiger partial charge in [-0.2, -0.15) is 0 Å². The SMILES string of the molecule is O=C(N[C@H](Cc1ccccc1)C(=O)Nc1nnc(-c2ccc(Cl)cc2)s1)C(c1ccccc1)c1ccccc1. The molecular weight excluding hydrogens is 528 g/mol. The normalized spacial score (nSPS) is 11.6. The van der Waals surface area contributed by atoms with Crippen molar-refractivity contribution in [3.63, 3.8) is 0 Å². The molecule has 6 nitrogen and oxygen atoms in total. The summed E-state index contributed by atoms with van der Waals surface area (Å²) in [6.07, 6.45) is 0.317. The largest absolute Gasteiger partial charge is 0.343 e. The number of halogens is 1. The van der Waals surface area contributed by atoms with Crippen LogP contribution in [-0.4, -0.2) is 28.1 Å². The van der Waals surface area contributed by atoms with Gasteiger partial charge in [-0.05, 0) is 28.8 Å². The number of hydrogen-bond acceptors (Lipinski definition) is 5. The van der Waals surface area contributed by atoms with Gasteiger partial charge in [-0.15, -0.1) is 10.2 Å². The minimum atomic E-state index is -0.835. The summed E-state index contributed by atoms with van der Waals surface area (Å²) >= 11 is 7.25. The first kappa shape index (κ1) is 26.3. The van der Waals surface area contributed by atoms with E-state index in [-0.39, 0.29) is 11.8 Å². The van der Waals surface area contributed by atoms with Gasteiger partial charge in [0.2, 0.25) is 16.9 Å². The summed E-state index contributed by atoms with van der Waals surface area (Å²) in [7, 11) is 0. The van der Waals surface area contributed by atoms with Crippen molar-refractivity contribution in [2.45, 2.75) is 18.4 Å². The fourth-order valence-electron chi connectivity index (χ4n) is 4.28. The zero-order valence-electron chi connectivity index (χ0n) is 20.8. The number of benzene rings is 4. The van der Waals surface area contributed by atoms with Crippen molar-refractivity contribution < 1.29 is 9.59 Å². The fraction of sp³-hybridized carbons (Fsp3) is 0.0968. The van der Waals surface area contributed by atoms with Crippen LogP contribution in [0.1, 0.15) is 22.6 Å². The zero-order chi connectivity index (χ0) is 27.0. The Hall–Kier alpha value is -4.33. The van der Waals surface area contributed by atoms with Gasteiger partial charge in [-0.25, -0.2) is 0 Å². The molecule has 1 heterocycles. The minimum Gasteiger partial charge on any atom is -0.343 e. The average molecular weight is 553 g/mol. The highest BCUT2D eigenvalue weighted by Crippen LogP contribution is 2.28. The fourth-order valence-corrected chi connectivity index (χ4v) is 5.15. The van der Waals surface area contributed by atoms with Gasteiger partial charge >= 0.3 is 0 Å². The smallest absolute Gasteiger partial charge is 0.249 e. The number of carbonyl (C=O) groups excluding carboxylic acids is 2. The van der Waals surface area contributed by atoms with Crippen molar-refractivity contribution in [3.8, 4) is 10.6 Å². The van der Waals surface area contributed by atoms with Gasteiger partial charge < -0.3 is 5.32 Å². The number of carbonyl (C=O) groups is 2. The molecule has 5 rings (SSSR count). The molecule has 1 atom stereocenters. The second-order valence-electron chi connectivity index (χ2n) is 8.91. The van der Waals surface area contributed by atoms with Gasteiger partial charge in [0.15, 0.2) is 0 Å². The molecule has 0 unspecified atom stereocenters. The number of amides is 2. The van der Waals surface area contributed by atoms with Gasteiger partial charge in [-0.3, -0.25) is 14.9 Å². The monoisotopic (exact) mass is 552 g/mol. The number of anilines is 1. The van der Waals surface area contributed by atoms with E-state index in [1.807, 2.05) is 103 Å². The second-order valence-corrected chi connectivity index (χ2v) is 10.3. The number of rotatable bonds is 9.